The van der Waals surface area contributed by atoms with Crippen molar-refractivity contribution in [2.75, 3.05) is 52.5 Å². The maximum Gasteiger partial charge on any atom is 0.282 e. The lowest BCUT2D eigenvalue weighted by Gasteiger charge is -2.25. The molecule has 2 amide bonds. The number of carbonyl (C=O) groups excluding carboxylic acids is 2. The fourth-order valence-corrected chi connectivity index (χ4v) is 3.99. The molecule has 1 aliphatic rings. The van der Waals surface area contributed by atoms with Crippen LogP contribution in [0.5, 0.6) is 5.75 Å². The van der Waals surface area contributed by atoms with E-state index in [9.17, 15) is 9.59 Å². The molecule has 0 atom stereocenters. The summed E-state index contributed by atoms with van der Waals surface area (Å²) in [5, 5.41) is 1.89. The minimum atomic E-state index is -0.380. The summed E-state index contributed by atoms with van der Waals surface area (Å²) in [4.78, 5) is 30.8. The van der Waals surface area contributed by atoms with Gasteiger partial charge in [-0.3, -0.25) is 9.59 Å². The molecular formula is C21H24N2O5S. The Labute approximate surface area is 174 Å². The van der Waals surface area contributed by atoms with E-state index in [-0.39, 0.29) is 11.8 Å². The van der Waals surface area contributed by atoms with Gasteiger partial charge in [0.2, 0.25) is 0 Å². The average Bonchev–Trinajstić information content (AvgIpc) is 3.34. The number of benzene rings is 1. The van der Waals surface area contributed by atoms with Gasteiger partial charge in [0.25, 0.3) is 11.8 Å². The van der Waals surface area contributed by atoms with E-state index < -0.39 is 0 Å². The number of hydrogen-bond acceptors (Lipinski definition) is 7. The Morgan fingerprint density at radius 3 is 2.21 bits per heavy atom. The van der Waals surface area contributed by atoms with Gasteiger partial charge in [0, 0.05) is 32.2 Å². The van der Waals surface area contributed by atoms with Crippen molar-refractivity contribution >= 4 is 34.4 Å². The highest BCUT2D eigenvalue weighted by atomic mass is 32.1. The predicted octanol–water partition coefficient (Wildman–Crippen LogP) is 2.64. The van der Waals surface area contributed by atoms with Crippen LogP contribution >= 0.6 is 11.3 Å². The SMILES string of the molecule is COCCN(CCOC)C1=C(c2cccs2)C(=O)N(c2ccccc2OC)C1=O. The summed E-state index contributed by atoms with van der Waals surface area (Å²) < 4.78 is 15.8. The van der Waals surface area contributed by atoms with Crippen molar-refractivity contribution in [1.82, 2.24) is 4.90 Å². The molecule has 0 N–H and O–H groups in total. The third-order valence-electron chi connectivity index (χ3n) is 4.60. The molecule has 0 aliphatic carbocycles. The second-order valence-electron chi connectivity index (χ2n) is 6.29. The first kappa shape index (κ1) is 21.0. The molecule has 1 aliphatic heterocycles. The molecule has 154 valence electrons. The van der Waals surface area contributed by atoms with Crippen LogP contribution in [0, 0.1) is 0 Å². The molecule has 8 heteroatoms. The van der Waals surface area contributed by atoms with Gasteiger partial charge < -0.3 is 19.1 Å². The molecular weight excluding hydrogens is 392 g/mol. The van der Waals surface area contributed by atoms with Crippen LogP contribution in [-0.2, 0) is 19.1 Å². The summed E-state index contributed by atoms with van der Waals surface area (Å²) in [6.45, 7) is 1.76. The maximum atomic E-state index is 13.5. The largest absolute Gasteiger partial charge is 0.495 e. The molecule has 1 aromatic heterocycles. The first-order valence-corrected chi connectivity index (χ1v) is 10.0. The van der Waals surface area contributed by atoms with Gasteiger partial charge in [0.05, 0.1) is 31.6 Å². The summed E-state index contributed by atoms with van der Waals surface area (Å²) in [5.74, 6) is -0.284. The second-order valence-corrected chi connectivity index (χ2v) is 7.24. The molecule has 2 aromatic rings. The third kappa shape index (κ3) is 4.19. The molecule has 0 bridgehead atoms. The molecule has 0 radical (unpaired) electrons. The molecule has 0 unspecified atom stereocenters. The molecule has 29 heavy (non-hydrogen) atoms. The van der Waals surface area contributed by atoms with E-state index in [1.165, 1.54) is 23.3 Å². The monoisotopic (exact) mass is 416 g/mol. The zero-order valence-electron chi connectivity index (χ0n) is 16.7. The summed E-state index contributed by atoms with van der Waals surface area (Å²) in [7, 11) is 4.72. The van der Waals surface area contributed by atoms with E-state index in [1.807, 2.05) is 22.4 Å². The first-order chi connectivity index (χ1) is 14.1. The van der Waals surface area contributed by atoms with Crippen LogP contribution in [0.2, 0.25) is 0 Å². The van der Waals surface area contributed by atoms with Gasteiger partial charge in [-0.15, -0.1) is 11.3 Å². The fraction of sp³-hybridized carbons (Fsp3) is 0.333. The topological polar surface area (TPSA) is 68.3 Å². The Bertz CT molecular complexity index is 886. The Balaban J connectivity index is 2.10. The zero-order chi connectivity index (χ0) is 20.8. The van der Waals surface area contributed by atoms with Crippen LogP contribution in [-0.4, -0.2) is 64.3 Å². The molecule has 7 nitrogen and oxygen atoms in total. The van der Waals surface area contributed by atoms with Gasteiger partial charge in [-0.1, -0.05) is 18.2 Å². The minimum absolute atomic E-state index is 0.359. The first-order valence-electron chi connectivity index (χ1n) is 9.16. The van der Waals surface area contributed by atoms with Crippen LogP contribution in [0.3, 0.4) is 0 Å². The number of carbonyl (C=O) groups is 2. The highest BCUT2D eigenvalue weighted by Gasteiger charge is 2.43. The van der Waals surface area contributed by atoms with Crippen LogP contribution in [0.25, 0.3) is 5.57 Å². The number of methoxy groups -OCH3 is 3. The average molecular weight is 416 g/mol. The van der Waals surface area contributed by atoms with Gasteiger partial charge >= 0.3 is 0 Å². The lowest BCUT2D eigenvalue weighted by atomic mass is 10.1. The van der Waals surface area contributed by atoms with Crippen LogP contribution < -0.4 is 9.64 Å². The normalized spacial score (nSPS) is 14.1. The van der Waals surface area contributed by atoms with Gasteiger partial charge in [-0.05, 0) is 23.6 Å². The van der Waals surface area contributed by atoms with E-state index >= 15 is 0 Å². The third-order valence-corrected chi connectivity index (χ3v) is 5.49. The summed E-state index contributed by atoms with van der Waals surface area (Å²) in [6.07, 6.45) is 0. The Morgan fingerprint density at radius 2 is 1.62 bits per heavy atom. The van der Waals surface area contributed by atoms with Crippen molar-refractivity contribution in [2.24, 2.45) is 0 Å². The number of ether oxygens (including phenoxy) is 3. The van der Waals surface area contributed by atoms with E-state index in [0.29, 0.717) is 49.0 Å². The van der Waals surface area contributed by atoms with Crippen LogP contribution in [0.15, 0.2) is 47.5 Å². The Hall–Kier alpha value is -2.68. The van der Waals surface area contributed by atoms with Gasteiger partial charge in [0.15, 0.2) is 0 Å². The molecule has 0 spiro atoms. The number of rotatable bonds is 10. The van der Waals surface area contributed by atoms with Crippen molar-refractivity contribution < 1.29 is 23.8 Å². The highest BCUT2D eigenvalue weighted by molar-refractivity contribution is 7.11. The molecule has 0 fully saturated rings. The number of nitrogens with zero attached hydrogens (tertiary/aromatic N) is 2. The summed E-state index contributed by atoms with van der Waals surface area (Å²) in [5.41, 5.74) is 1.17. The van der Waals surface area contributed by atoms with Crippen molar-refractivity contribution in [1.29, 1.82) is 0 Å². The van der Waals surface area contributed by atoms with Crippen molar-refractivity contribution in [3.05, 3.63) is 52.4 Å². The van der Waals surface area contributed by atoms with Crippen LogP contribution in [0.4, 0.5) is 5.69 Å². The van der Waals surface area contributed by atoms with Gasteiger partial charge in [0.1, 0.15) is 11.4 Å². The number of amides is 2. The standard InChI is InChI=1S/C21H24N2O5S/c1-26-12-10-22(11-13-27-2)19-18(17-9-6-14-29-17)20(24)23(21(19)25)15-7-4-5-8-16(15)28-3/h4-9,14H,10-13H2,1-3H3. The molecule has 2 heterocycles. The van der Waals surface area contributed by atoms with Crippen molar-refractivity contribution in [3.8, 4) is 5.75 Å². The smallest absolute Gasteiger partial charge is 0.282 e. The van der Waals surface area contributed by atoms with E-state index in [2.05, 4.69) is 0 Å². The van der Waals surface area contributed by atoms with Crippen molar-refractivity contribution in [3.63, 3.8) is 0 Å². The highest BCUT2D eigenvalue weighted by Crippen LogP contribution is 2.39. The minimum Gasteiger partial charge on any atom is -0.495 e. The summed E-state index contributed by atoms with van der Waals surface area (Å²) in [6, 6.07) is 10.7. The van der Waals surface area contributed by atoms with Gasteiger partial charge in [-0.25, -0.2) is 4.90 Å². The number of para-hydroxylation sites is 2. The molecule has 1 aromatic carbocycles. The summed E-state index contributed by atoms with van der Waals surface area (Å²) >= 11 is 1.42. The number of thiophene rings is 1. The lowest BCUT2D eigenvalue weighted by Crippen LogP contribution is -2.37. The number of imide groups is 1. The second kappa shape index (κ2) is 9.69. The molecule has 0 saturated heterocycles. The predicted molar refractivity (Wildman–Crippen MR) is 112 cm³/mol. The van der Waals surface area contributed by atoms with Crippen molar-refractivity contribution in [2.45, 2.75) is 0 Å². The number of anilines is 1. The fourth-order valence-electron chi connectivity index (χ4n) is 3.23. The van der Waals surface area contributed by atoms with Crippen LogP contribution in [0.1, 0.15) is 4.88 Å². The molecule has 0 saturated carbocycles. The Kier molecular flexibility index (Phi) is 7.03. The zero-order valence-corrected chi connectivity index (χ0v) is 17.5. The Morgan fingerprint density at radius 1 is 0.931 bits per heavy atom. The quantitative estimate of drug-likeness (QED) is 0.555. The lowest BCUT2D eigenvalue weighted by molar-refractivity contribution is -0.120. The van der Waals surface area contributed by atoms with E-state index in [4.69, 9.17) is 14.2 Å². The number of hydrogen-bond donors (Lipinski definition) is 0. The maximum absolute atomic E-state index is 13.5. The van der Waals surface area contributed by atoms with Gasteiger partial charge in [-0.2, -0.15) is 0 Å². The van der Waals surface area contributed by atoms with E-state index in [0.717, 1.165) is 4.88 Å². The molecule has 3 rings (SSSR count). The van der Waals surface area contributed by atoms with E-state index in [1.54, 1.807) is 38.5 Å².